The maximum atomic E-state index is 6.61. The average molecular weight is 329 g/mol. The van der Waals surface area contributed by atoms with Crippen molar-refractivity contribution in [3.63, 3.8) is 0 Å². The summed E-state index contributed by atoms with van der Waals surface area (Å²) in [6.07, 6.45) is 23.0. The Bertz CT molecular complexity index is 267. The molecule has 0 aromatic heterocycles. The fraction of sp³-hybridized carbons (Fsp3) is 0.895. The largest absolute Gasteiger partial charge is 0.168 e. The Morgan fingerprint density at radius 1 is 0.762 bits per heavy atom. The third-order valence-electron chi connectivity index (χ3n) is 4.66. The maximum absolute atomic E-state index is 6.61. The molecule has 0 nitrogen and oxygen atoms in total. The molecule has 0 saturated carbocycles. The van der Waals surface area contributed by atoms with Crippen molar-refractivity contribution in [1.29, 1.82) is 0 Å². The van der Waals surface area contributed by atoms with E-state index >= 15 is 0 Å². The van der Waals surface area contributed by atoms with Gasteiger partial charge in [0.1, 0.15) is 0 Å². The second-order valence-corrected chi connectivity index (χ2v) is 14.5. The summed E-state index contributed by atoms with van der Waals surface area (Å²) < 4.78 is 0. The van der Waals surface area contributed by atoms with Gasteiger partial charge in [0.05, 0.1) is 0 Å². The summed E-state index contributed by atoms with van der Waals surface area (Å²) in [6.45, 7) is 4.64. The van der Waals surface area contributed by atoms with Gasteiger partial charge in [0.25, 0.3) is 0 Å². The minimum atomic E-state index is -1.40. The van der Waals surface area contributed by atoms with Crippen molar-refractivity contribution < 1.29 is 0 Å². The van der Waals surface area contributed by atoms with Gasteiger partial charge in [-0.3, -0.25) is 0 Å². The van der Waals surface area contributed by atoms with Crippen LogP contribution in [0.2, 0.25) is 19.1 Å². The zero-order valence-electron chi connectivity index (χ0n) is 14.5. The van der Waals surface area contributed by atoms with Crippen LogP contribution in [0, 0.1) is 5.92 Å². The van der Waals surface area contributed by atoms with E-state index in [2.05, 4.69) is 25.2 Å². The molecule has 1 atom stereocenters. The van der Waals surface area contributed by atoms with E-state index in [1.54, 1.807) is 0 Å². The van der Waals surface area contributed by atoms with Gasteiger partial charge < -0.3 is 0 Å². The fourth-order valence-corrected chi connectivity index (χ4v) is 5.98. The highest BCUT2D eigenvalue weighted by Gasteiger charge is 2.22. The number of rotatable bonds is 2. The lowest BCUT2D eigenvalue weighted by Crippen LogP contribution is -2.21. The molecule has 0 bridgehead atoms. The molecule has 124 valence electrons. The van der Waals surface area contributed by atoms with Crippen LogP contribution in [-0.2, 0) is 0 Å². The second-order valence-electron chi connectivity index (χ2n) is 7.60. The first-order valence-corrected chi connectivity index (χ1v) is 13.6. The number of hydrogen-bond donors (Lipinski definition) is 0. The molecule has 0 spiro atoms. The van der Waals surface area contributed by atoms with Gasteiger partial charge >= 0.3 is 0 Å². The summed E-state index contributed by atoms with van der Waals surface area (Å²) in [5, 5.41) is 0. The molecule has 0 N–H and O–H groups in total. The van der Waals surface area contributed by atoms with Crippen molar-refractivity contribution in [2.24, 2.45) is 5.92 Å². The van der Waals surface area contributed by atoms with Crippen LogP contribution in [-0.4, -0.2) is 7.38 Å². The van der Waals surface area contributed by atoms with Crippen LogP contribution in [0.25, 0.3) is 0 Å². The normalized spacial score (nSPS) is 24.8. The van der Waals surface area contributed by atoms with Gasteiger partial charge in [-0.25, -0.2) is 0 Å². The van der Waals surface area contributed by atoms with E-state index in [-0.39, 0.29) is 0 Å². The number of hydrogen-bond acceptors (Lipinski definition) is 0. The molecular weight excluding hydrogens is 292 g/mol. The number of halogens is 1. The Morgan fingerprint density at radius 3 is 1.67 bits per heavy atom. The summed E-state index contributed by atoms with van der Waals surface area (Å²) in [7, 11) is -1.40. The molecule has 1 aliphatic rings. The van der Waals surface area contributed by atoms with Crippen molar-refractivity contribution in [1.82, 2.24) is 0 Å². The molecule has 0 fully saturated rings. The van der Waals surface area contributed by atoms with Crippen LogP contribution in [0.3, 0.4) is 0 Å². The van der Waals surface area contributed by atoms with E-state index in [1.165, 1.54) is 89.5 Å². The van der Waals surface area contributed by atoms with E-state index in [4.69, 9.17) is 11.1 Å². The minimum absolute atomic E-state index is 0.914. The Morgan fingerprint density at radius 2 is 1.19 bits per heavy atom. The molecule has 2 heteroatoms. The minimum Gasteiger partial charge on any atom is -0.168 e. The van der Waals surface area contributed by atoms with Gasteiger partial charge in [-0.2, -0.15) is 11.1 Å². The molecule has 0 amide bonds. The zero-order chi connectivity index (χ0) is 15.4. The molecule has 0 saturated heterocycles. The maximum Gasteiger partial charge on any atom is 0.150 e. The Hall–Kier alpha value is 0.247. The van der Waals surface area contributed by atoms with E-state index in [9.17, 15) is 0 Å². The van der Waals surface area contributed by atoms with Crippen molar-refractivity contribution in [2.45, 2.75) is 103 Å². The summed E-state index contributed by atoms with van der Waals surface area (Å²) in [5.74, 6) is 0.914. The fourth-order valence-electron chi connectivity index (χ4n) is 3.54. The lowest BCUT2D eigenvalue weighted by Gasteiger charge is -2.23. The van der Waals surface area contributed by atoms with E-state index in [0.717, 1.165) is 5.92 Å². The smallest absolute Gasteiger partial charge is 0.150 e. The molecule has 0 aromatic rings. The summed E-state index contributed by atoms with van der Waals surface area (Å²) >= 11 is 6.61. The SMILES string of the molecule is C[Si](C)(Cl)CC1CCCCCCC=CCCCCCCC1. The Kier molecular flexibility index (Phi) is 10.8. The summed E-state index contributed by atoms with van der Waals surface area (Å²) in [4.78, 5) is 0. The van der Waals surface area contributed by atoms with Crippen LogP contribution in [0.15, 0.2) is 12.2 Å². The highest BCUT2D eigenvalue weighted by molar-refractivity contribution is 7.19. The van der Waals surface area contributed by atoms with Crippen molar-refractivity contribution in [3.05, 3.63) is 12.2 Å². The first-order valence-electron chi connectivity index (χ1n) is 9.42. The van der Waals surface area contributed by atoms with Gasteiger partial charge in [-0.15, -0.1) is 0 Å². The van der Waals surface area contributed by atoms with Crippen molar-refractivity contribution in [3.8, 4) is 0 Å². The third kappa shape index (κ3) is 12.5. The van der Waals surface area contributed by atoms with Crippen LogP contribution < -0.4 is 0 Å². The van der Waals surface area contributed by atoms with E-state index in [0.29, 0.717) is 0 Å². The van der Waals surface area contributed by atoms with E-state index < -0.39 is 7.38 Å². The Labute approximate surface area is 139 Å². The molecule has 0 radical (unpaired) electrons. The lowest BCUT2D eigenvalue weighted by molar-refractivity contribution is 0.430. The number of allylic oxidation sites excluding steroid dienone is 2. The van der Waals surface area contributed by atoms with Crippen molar-refractivity contribution >= 4 is 18.5 Å². The van der Waals surface area contributed by atoms with Gasteiger partial charge in [-0.05, 0) is 37.6 Å². The summed E-state index contributed by atoms with van der Waals surface area (Å²) in [6, 6.07) is 1.33. The predicted molar refractivity (Wildman–Crippen MR) is 101 cm³/mol. The summed E-state index contributed by atoms with van der Waals surface area (Å²) in [5.41, 5.74) is 0. The van der Waals surface area contributed by atoms with Gasteiger partial charge in [-0.1, -0.05) is 83.0 Å². The average Bonchev–Trinajstić information content (AvgIpc) is 2.39. The highest BCUT2D eigenvalue weighted by atomic mass is 35.6. The molecule has 0 aliphatic heterocycles. The highest BCUT2D eigenvalue weighted by Crippen LogP contribution is 2.29. The molecule has 1 rings (SSSR count). The molecule has 1 aliphatic carbocycles. The molecule has 0 heterocycles. The zero-order valence-corrected chi connectivity index (χ0v) is 16.3. The van der Waals surface area contributed by atoms with Gasteiger partial charge in [0.15, 0.2) is 7.38 Å². The molecule has 0 aromatic carbocycles. The second kappa shape index (κ2) is 11.8. The molecular formula is C19H37ClSi. The topological polar surface area (TPSA) is 0 Å². The van der Waals surface area contributed by atoms with Gasteiger partial charge in [0, 0.05) is 0 Å². The first kappa shape index (κ1) is 19.3. The van der Waals surface area contributed by atoms with Crippen LogP contribution >= 0.6 is 11.1 Å². The first-order chi connectivity index (χ1) is 10.1. The van der Waals surface area contributed by atoms with Crippen LogP contribution in [0.1, 0.15) is 83.5 Å². The Balaban J connectivity index is 2.35. The monoisotopic (exact) mass is 328 g/mol. The van der Waals surface area contributed by atoms with Crippen LogP contribution in [0.5, 0.6) is 0 Å². The predicted octanol–water partition coefficient (Wildman–Crippen LogP) is 7.69. The van der Waals surface area contributed by atoms with E-state index in [1.807, 2.05) is 0 Å². The standard InChI is InChI=1S/C19H37ClSi/c1-21(2,20)18-19-16-14-12-10-8-6-4-3-5-7-9-11-13-15-17-19/h3-4,19H,5-18H2,1-2H3. The van der Waals surface area contributed by atoms with Crippen molar-refractivity contribution in [2.75, 3.05) is 0 Å². The molecule has 21 heavy (non-hydrogen) atoms. The quantitative estimate of drug-likeness (QED) is 0.277. The van der Waals surface area contributed by atoms with Crippen LogP contribution in [0.4, 0.5) is 0 Å². The third-order valence-corrected chi connectivity index (χ3v) is 6.67. The lowest BCUT2D eigenvalue weighted by atomic mass is 9.95. The van der Waals surface area contributed by atoms with Gasteiger partial charge in [0.2, 0.25) is 0 Å². The molecule has 1 unspecified atom stereocenters.